The average Bonchev–Trinajstić information content (AvgIpc) is 2.83. The van der Waals surface area contributed by atoms with E-state index in [0.29, 0.717) is 5.70 Å². The van der Waals surface area contributed by atoms with E-state index in [4.69, 9.17) is 33.7 Å². The second kappa shape index (κ2) is 12.6. The van der Waals surface area contributed by atoms with E-state index in [1.165, 1.54) is 18.3 Å². The largest absolute Gasteiger partial charge is 0.471 e. The second-order valence-electron chi connectivity index (χ2n) is 7.72. The predicted molar refractivity (Wildman–Crippen MR) is 133 cm³/mol. The highest BCUT2D eigenvalue weighted by Gasteiger charge is 2.20. The Kier molecular flexibility index (Phi) is 9.58. The van der Waals surface area contributed by atoms with E-state index in [2.05, 4.69) is 37.5 Å². The van der Waals surface area contributed by atoms with Crippen molar-refractivity contribution in [3.05, 3.63) is 51.9 Å². The van der Waals surface area contributed by atoms with Crippen molar-refractivity contribution < 1.29 is 18.3 Å². The van der Waals surface area contributed by atoms with E-state index in [-0.39, 0.29) is 39.2 Å². The fourth-order valence-electron chi connectivity index (χ4n) is 3.21. The Morgan fingerprint density at radius 3 is 2.63 bits per heavy atom. The third-order valence-corrected chi connectivity index (χ3v) is 5.72. The van der Waals surface area contributed by atoms with Gasteiger partial charge in [0, 0.05) is 18.6 Å². The molecule has 0 saturated carbocycles. The number of amides is 1. The highest BCUT2D eigenvalue weighted by atomic mass is 35.5. The molecule has 3 rings (SSSR count). The van der Waals surface area contributed by atoms with Gasteiger partial charge in [-0.15, -0.1) is 0 Å². The third kappa shape index (κ3) is 7.74. The summed E-state index contributed by atoms with van der Waals surface area (Å²) < 4.78 is 30.7. The number of hydrogen-bond acceptors (Lipinski definition) is 8. The maximum absolute atomic E-state index is 12.8. The number of allylic oxidation sites excluding steroid dienone is 1. The zero-order valence-corrected chi connectivity index (χ0v) is 20.4. The molecular weight excluding hydrogens is 503 g/mol. The summed E-state index contributed by atoms with van der Waals surface area (Å²) in [6.07, 6.45) is 3.05. The van der Waals surface area contributed by atoms with Crippen molar-refractivity contribution in [1.82, 2.24) is 14.9 Å². The van der Waals surface area contributed by atoms with Crippen molar-refractivity contribution in [1.29, 1.82) is 0 Å². The van der Waals surface area contributed by atoms with Crippen molar-refractivity contribution in [3.63, 3.8) is 0 Å². The minimum absolute atomic E-state index is 0.0203. The number of alkyl halides is 2. The quantitative estimate of drug-likeness (QED) is 0.421. The van der Waals surface area contributed by atoms with Gasteiger partial charge >= 0.3 is 0 Å². The minimum atomic E-state index is -2.78. The number of benzene rings is 1. The van der Waals surface area contributed by atoms with Gasteiger partial charge in [-0.05, 0) is 45.1 Å². The molecule has 0 spiro atoms. The molecule has 1 amide bonds. The van der Waals surface area contributed by atoms with E-state index in [0.717, 1.165) is 32.1 Å². The lowest BCUT2D eigenvalue weighted by molar-refractivity contribution is 0.0780. The highest BCUT2D eigenvalue weighted by Crippen LogP contribution is 2.31. The van der Waals surface area contributed by atoms with Crippen LogP contribution in [0.1, 0.15) is 23.2 Å². The molecule has 1 aliphatic heterocycles. The van der Waals surface area contributed by atoms with E-state index in [1.807, 2.05) is 0 Å². The summed E-state index contributed by atoms with van der Waals surface area (Å²) >= 11 is 12.2. The van der Waals surface area contributed by atoms with Crippen LogP contribution >= 0.6 is 23.2 Å². The molecule has 1 fully saturated rings. The smallest absolute Gasteiger partial charge is 0.272 e. The van der Waals surface area contributed by atoms with Gasteiger partial charge in [0.1, 0.15) is 5.56 Å². The lowest BCUT2D eigenvalue weighted by Crippen LogP contribution is -2.32. The van der Waals surface area contributed by atoms with Crippen LogP contribution in [0.2, 0.25) is 10.0 Å². The Hall–Kier alpha value is -3.02. The molecule has 2 aromatic rings. The Bertz CT molecular complexity index is 1070. The first-order chi connectivity index (χ1) is 16.8. The highest BCUT2D eigenvalue weighted by molar-refractivity contribution is 6.40. The molecule has 0 atom stereocenters. The van der Waals surface area contributed by atoms with Gasteiger partial charge in [-0.2, -0.15) is 4.98 Å². The van der Waals surface area contributed by atoms with E-state index >= 15 is 0 Å². The number of piperidine rings is 1. The van der Waals surface area contributed by atoms with Crippen LogP contribution in [-0.2, 0) is 0 Å². The average molecular weight is 528 g/mol. The van der Waals surface area contributed by atoms with Crippen LogP contribution in [0, 0.1) is 0 Å². The molecule has 35 heavy (non-hydrogen) atoms. The molecule has 1 aromatic carbocycles. The zero-order valence-electron chi connectivity index (χ0n) is 18.8. The normalized spacial score (nSPS) is 15.5. The molecule has 0 aliphatic carbocycles. The first-order valence-corrected chi connectivity index (χ1v) is 11.5. The fraction of sp³-hybridized carbons (Fsp3) is 0.364. The predicted octanol–water partition coefficient (Wildman–Crippen LogP) is 4.06. The van der Waals surface area contributed by atoms with Gasteiger partial charge in [0.05, 0.1) is 27.5 Å². The number of halogens is 4. The van der Waals surface area contributed by atoms with Crippen molar-refractivity contribution in [2.75, 3.05) is 37.4 Å². The number of carbonyl (C=O) groups is 1. The van der Waals surface area contributed by atoms with Crippen LogP contribution < -0.4 is 21.1 Å². The number of hydrogen-bond donors (Lipinski definition) is 3. The SMILES string of the molecule is CN1CCC(N=C/C(=C\N)Nc2ncc(C(=O)Nc3c(Cl)cccc3Cl)c(OCC(F)F)n2)CC1. The molecule has 2 heterocycles. The van der Waals surface area contributed by atoms with Crippen LogP contribution in [0.3, 0.4) is 0 Å². The number of rotatable bonds is 9. The molecule has 0 radical (unpaired) electrons. The third-order valence-electron chi connectivity index (χ3n) is 5.09. The fourth-order valence-corrected chi connectivity index (χ4v) is 3.70. The number of ether oxygens (including phenoxy) is 1. The van der Waals surface area contributed by atoms with Gasteiger partial charge in [-0.25, -0.2) is 13.8 Å². The van der Waals surface area contributed by atoms with Gasteiger partial charge in [0.15, 0.2) is 6.61 Å². The lowest BCUT2D eigenvalue weighted by Gasteiger charge is -2.26. The molecule has 0 bridgehead atoms. The Labute approximate surface area is 211 Å². The van der Waals surface area contributed by atoms with Crippen LogP contribution in [0.4, 0.5) is 20.4 Å². The van der Waals surface area contributed by atoms with Crippen LogP contribution in [0.25, 0.3) is 0 Å². The number of carbonyl (C=O) groups excluding carboxylic acids is 1. The molecule has 1 saturated heterocycles. The van der Waals surface area contributed by atoms with Crippen LogP contribution in [0.15, 0.2) is 41.3 Å². The second-order valence-corrected chi connectivity index (χ2v) is 8.54. The summed E-state index contributed by atoms with van der Waals surface area (Å²) in [6.45, 7) is 0.933. The number of nitrogens with one attached hydrogen (secondary N) is 2. The number of para-hydroxylation sites is 1. The number of aliphatic imine (C=N–C) groups is 1. The van der Waals surface area contributed by atoms with Crippen LogP contribution in [-0.4, -0.2) is 66.2 Å². The Morgan fingerprint density at radius 2 is 2.00 bits per heavy atom. The van der Waals surface area contributed by atoms with E-state index < -0.39 is 18.9 Å². The topological polar surface area (TPSA) is 118 Å². The number of aromatic nitrogens is 2. The van der Waals surface area contributed by atoms with Crippen molar-refractivity contribution >= 4 is 47.0 Å². The van der Waals surface area contributed by atoms with Crippen molar-refractivity contribution in [2.45, 2.75) is 25.3 Å². The summed E-state index contributed by atoms with van der Waals surface area (Å²) in [7, 11) is 2.06. The maximum atomic E-state index is 12.8. The Balaban J connectivity index is 1.78. The number of nitrogens with zero attached hydrogens (tertiary/aromatic N) is 4. The van der Waals surface area contributed by atoms with E-state index in [1.54, 1.807) is 12.3 Å². The van der Waals surface area contributed by atoms with Crippen molar-refractivity contribution in [3.8, 4) is 5.88 Å². The zero-order chi connectivity index (χ0) is 25.4. The summed E-state index contributed by atoms with van der Waals surface area (Å²) in [5.74, 6) is -1.12. The van der Waals surface area contributed by atoms with Gasteiger partial charge in [0.25, 0.3) is 12.3 Å². The molecule has 1 aromatic heterocycles. The Morgan fingerprint density at radius 1 is 1.31 bits per heavy atom. The first-order valence-electron chi connectivity index (χ1n) is 10.7. The molecule has 13 heteroatoms. The summed E-state index contributed by atoms with van der Waals surface area (Å²) in [4.78, 5) is 27.8. The minimum Gasteiger partial charge on any atom is -0.471 e. The molecule has 0 unspecified atom stereocenters. The van der Waals surface area contributed by atoms with Gasteiger partial charge in [0.2, 0.25) is 11.8 Å². The molecule has 188 valence electrons. The maximum Gasteiger partial charge on any atom is 0.272 e. The number of nitrogens with two attached hydrogens (primary N) is 1. The van der Waals surface area contributed by atoms with Crippen LogP contribution in [0.5, 0.6) is 5.88 Å². The van der Waals surface area contributed by atoms with Gasteiger partial charge in [-0.1, -0.05) is 29.3 Å². The summed E-state index contributed by atoms with van der Waals surface area (Å²) in [5.41, 5.74) is 6.05. The first kappa shape index (κ1) is 26.6. The van der Waals surface area contributed by atoms with Gasteiger partial charge in [-0.3, -0.25) is 9.79 Å². The molecule has 4 N–H and O–H groups in total. The van der Waals surface area contributed by atoms with Crippen molar-refractivity contribution in [2.24, 2.45) is 10.7 Å². The standard InChI is InChI=1S/C22H25Cl2F2N7O2/c1-33-7-5-13(6-8-33)28-10-14(9-27)30-22-29-11-15(21(32-22)35-12-18(25)26)20(34)31-19-16(23)3-2-4-17(19)24/h2-4,9-11,13,18H,5-8,12,27H2,1H3,(H,31,34)(H,29,30,32)/b14-9+,28-10?. The molecule has 1 aliphatic rings. The van der Waals surface area contributed by atoms with Gasteiger partial charge < -0.3 is 26.0 Å². The molecule has 9 nitrogen and oxygen atoms in total. The lowest BCUT2D eigenvalue weighted by atomic mass is 10.1. The molecular formula is C22H25Cl2F2N7O2. The summed E-state index contributed by atoms with van der Waals surface area (Å²) in [5, 5.41) is 5.77. The summed E-state index contributed by atoms with van der Waals surface area (Å²) in [6, 6.07) is 4.85. The number of anilines is 2. The monoisotopic (exact) mass is 527 g/mol. The van der Waals surface area contributed by atoms with E-state index in [9.17, 15) is 13.6 Å². The number of likely N-dealkylation sites (tertiary alicyclic amines) is 1.